The van der Waals surface area contributed by atoms with Crippen molar-refractivity contribution in [3.63, 3.8) is 0 Å². The normalized spacial score (nSPS) is 10.9. The predicted molar refractivity (Wildman–Crippen MR) is 189 cm³/mol. The number of hydrogen-bond acceptors (Lipinski definition) is 7. The van der Waals surface area contributed by atoms with Crippen molar-refractivity contribution in [2.75, 3.05) is 0 Å². The van der Waals surface area contributed by atoms with Crippen LogP contribution in [0.2, 0.25) is 0 Å². The fourth-order valence-corrected chi connectivity index (χ4v) is 5.77. The molecule has 8 aromatic rings. The van der Waals surface area contributed by atoms with Gasteiger partial charge in [-0.2, -0.15) is 0 Å². The molecule has 8 rings (SSSR count). The van der Waals surface area contributed by atoms with Gasteiger partial charge in [-0.15, -0.1) is 0 Å². The Labute approximate surface area is 277 Å². The SMILES string of the molecule is c1cc(-c2cc(-c3ccncc3)cc(-c3cc(-c4cc(-c5ccncc5)cc(-c5ccncc5)c4)nc(-c4ccncc4)n3)c2)ccn1. The van der Waals surface area contributed by atoms with Gasteiger partial charge in [0, 0.05) is 78.7 Å². The number of rotatable bonds is 7. The van der Waals surface area contributed by atoms with Crippen molar-refractivity contribution in [3.8, 4) is 78.4 Å². The Balaban J connectivity index is 1.36. The number of pyridine rings is 5. The second-order valence-corrected chi connectivity index (χ2v) is 11.2. The second kappa shape index (κ2) is 12.9. The Bertz CT molecular complexity index is 2060. The van der Waals surface area contributed by atoms with E-state index in [4.69, 9.17) is 9.97 Å². The smallest absolute Gasteiger partial charge is 0.160 e. The van der Waals surface area contributed by atoms with Gasteiger partial charge in [-0.3, -0.25) is 24.9 Å². The van der Waals surface area contributed by atoms with Crippen LogP contribution in [0, 0.1) is 0 Å². The van der Waals surface area contributed by atoms with Gasteiger partial charge in [0.25, 0.3) is 0 Å². The van der Waals surface area contributed by atoms with Gasteiger partial charge in [-0.25, -0.2) is 9.97 Å². The average Bonchev–Trinajstić information content (AvgIpc) is 3.19. The quantitative estimate of drug-likeness (QED) is 0.176. The summed E-state index contributed by atoms with van der Waals surface area (Å²) in [6.45, 7) is 0. The molecule has 0 atom stereocenters. The lowest BCUT2D eigenvalue weighted by Gasteiger charge is -2.14. The van der Waals surface area contributed by atoms with Crippen molar-refractivity contribution in [1.29, 1.82) is 0 Å². The first-order valence-electron chi connectivity index (χ1n) is 15.5. The highest BCUT2D eigenvalue weighted by Crippen LogP contribution is 2.36. The lowest BCUT2D eigenvalue weighted by molar-refractivity contribution is 1.18. The summed E-state index contributed by atoms with van der Waals surface area (Å²) in [6, 6.07) is 35.2. The van der Waals surface area contributed by atoms with Crippen molar-refractivity contribution >= 4 is 0 Å². The average molecular weight is 618 g/mol. The summed E-state index contributed by atoms with van der Waals surface area (Å²) in [7, 11) is 0. The summed E-state index contributed by atoms with van der Waals surface area (Å²) in [5, 5.41) is 0. The Morgan fingerprint density at radius 3 is 0.771 bits per heavy atom. The first kappa shape index (κ1) is 28.7. The molecule has 0 bridgehead atoms. The molecule has 48 heavy (non-hydrogen) atoms. The molecule has 0 aliphatic rings. The van der Waals surface area contributed by atoms with Crippen molar-refractivity contribution in [2.24, 2.45) is 0 Å². The number of hydrogen-bond donors (Lipinski definition) is 0. The van der Waals surface area contributed by atoms with Crippen LogP contribution in [0.1, 0.15) is 0 Å². The molecular formula is C41H27N7. The molecule has 0 radical (unpaired) electrons. The number of nitrogens with zero attached hydrogens (tertiary/aromatic N) is 7. The highest BCUT2D eigenvalue weighted by molar-refractivity contribution is 5.84. The highest BCUT2D eigenvalue weighted by atomic mass is 14.9. The second-order valence-electron chi connectivity index (χ2n) is 11.2. The standard InChI is InChI=1S/C41H27N7/c1-11-42-12-2-28(1)33-21-34(29-3-13-43-14-4-29)24-37(23-33)39-27-40(48-41(47-39)32-9-19-46-20-10-32)38-25-35(30-5-15-44-16-6-30)22-36(26-38)31-7-17-45-18-8-31/h1-27H. The first-order valence-corrected chi connectivity index (χ1v) is 15.5. The molecular weight excluding hydrogens is 591 g/mol. The molecule has 0 spiro atoms. The summed E-state index contributed by atoms with van der Waals surface area (Å²) in [4.78, 5) is 31.5. The third-order valence-electron chi connectivity index (χ3n) is 8.18. The summed E-state index contributed by atoms with van der Waals surface area (Å²) < 4.78 is 0. The van der Waals surface area contributed by atoms with Gasteiger partial charge >= 0.3 is 0 Å². The lowest BCUT2D eigenvalue weighted by Crippen LogP contribution is -1.97. The molecule has 226 valence electrons. The molecule has 0 aliphatic heterocycles. The van der Waals surface area contributed by atoms with Gasteiger partial charge in [0.05, 0.1) is 11.4 Å². The molecule has 7 heteroatoms. The summed E-state index contributed by atoms with van der Waals surface area (Å²) >= 11 is 0. The van der Waals surface area contributed by atoms with Crippen LogP contribution in [0.25, 0.3) is 78.4 Å². The zero-order chi connectivity index (χ0) is 32.1. The molecule has 2 aromatic carbocycles. The lowest BCUT2D eigenvalue weighted by atomic mass is 9.94. The molecule has 0 amide bonds. The van der Waals surface area contributed by atoms with Crippen LogP contribution in [0.4, 0.5) is 0 Å². The minimum Gasteiger partial charge on any atom is -0.265 e. The van der Waals surface area contributed by atoms with Crippen LogP contribution in [0.15, 0.2) is 165 Å². The van der Waals surface area contributed by atoms with E-state index >= 15 is 0 Å². The highest BCUT2D eigenvalue weighted by Gasteiger charge is 2.15. The van der Waals surface area contributed by atoms with Crippen LogP contribution < -0.4 is 0 Å². The zero-order valence-corrected chi connectivity index (χ0v) is 25.7. The van der Waals surface area contributed by atoms with E-state index in [2.05, 4.69) is 67.4 Å². The molecule has 0 saturated heterocycles. The molecule has 0 N–H and O–H groups in total. The van der Waals surface area contributed by atoms with Crippen LogP contribution in [-0.4, -0.2) is 34.9 Å². The maximum atomic E-state index is 5.15. The van der Waals surface area contributed by atoms with E-state index in [-0.39, 0.29) is 0 Å². The van der Waals surface area contributed by atoms with E-state index in [1.807, 2.05) is 110 Å². The van der Waals surface area contributed by atoms with Gasteiger partial charge in [-0.05, 0) is 148 Å². The first-order chi connectivity index (χ1) is 23.8. The Hall–Kier alpha value is -6.73. The van der Waals surface area contributed by atoms with Crippen LogP contribution in [0.5, 0.6) is 0 Å². The van der Waals surface area contributed by atoms with Crippen molar-refractivity contribution in [2.45, 2.75) is 0 Å². The van der Waals surface area contributed by atoms with E-state index in [1.54, 1.807) is 12.4 Å². The Morgan fingerprint density at radius 1 is 0.229 bits per heavy atom. The van der Waals surface area contributed by atoms with Crippen LogP contribution in [-0.2, 0) is 0 Å². The van der Waals surface area contributed by atoms with Crippen molar-refractivity contribution in [1.82, 2.24) is 34.9 Å². The van der Waals surface area contributed by atoms with E-state index in [0.29, 0.717) is 5.82 Å². The van der Waals surface area contributed by atoms with Crippen LogP contribution in [0.3, 0.4) is 0 Å². The van der Waals surface area contributed by atoms with Gasteiger partial charge in [0.15, 0.2) is 5.82 Å². The monoisotopic (exact) mass is 617 g/mol. The minimum atomic E-state index is 0.615. The molecule has 6 heterocycles. The molecule has 0 aliphatic carbocycles. The molecule has 7 nitrogen and oxygen atoms in total. The summed E-state index contributed by atoms with van der Waals surface area (Å²) in [6.07, 6.45) is 18.0. The third-order valence-corrected chi connectivity index (χ3v) is 8.18. The Kier molecular flexibility index (Phi) is 7.74. The fraction of sp³-hybridized carbons (Fsp3) is 0. The topological polar surface area (TPSA) is 90.2 Å². The number of aromatic nitrogens is 7. The maximum Gasteiger partial charge on any atom is 0.160 e. The minimum absolute atomic E-state index is 0.615. The predicted octanol–water partition coefficient (Wildman–Crippen LogP) is 9.12. The van der Waals surface area contributed by atoms with Gasteiger partial charge in [0.2, 0.25) is 0 Å². The van der Waals surface area contributed by atoms with Crippen molar-refractivity contribution < 1.29 is 0 Å². The summed E-state index contributed by atoms with van der Waals surface area (Å²) in [5.41, 5.74) is 12.9. The molecule has 0 unspecified atom stereocenters. The fourth-order valence-electron chi connectivity index (χ4n) is 5.77. The van der Waals surface area contributed by atoms with E-state index in [0.717, 1.165) is 72.6 Å². The maximum absolute atomic E-state index is 5.15. The van der Waals surface area contributed by atoms with Gasteiger partial charge < -0.3 is 0 Å². The molecule has 0 saturated carbocycles. The van der Waals surface area contributed by atoms with Crippen molar-refractivity contribution in [3.05, 3.63) is 165 Å². The number of benzene rings is 2. The van der Waals surface area contributed by atoms with Gasteiger partial charge in [-0.1, -0.05) is 0 Å². The van der Waals surface area contributed by atoms with Gasteiger partial charge in [0.1, 0.15) is 0 Å². The zero-order valence-electron chi connectivity index (χ0n) is 25.7. The van der Waals surface area contributed by atoms with Crippen LogP contribution >= 0.6 is 0 Å². The molecule has 6 aromatic heterocycles. The Morgan fingerprint density at radius 2 is 0.479 bits per heavy atom. The van der Waals surface area contributed by atoms with E-state index < -0.39 is 0 Å². The summed E-state index contributed by atoms with van der Waals surface area (Å²) in [5.74, 6) is 0.615. The largest absolute Gasteiger partial charge is 0.265 e. The van der Waals surface area contributed by atoms with E-state index in [9.17, 15) is 0 Å². The van der Waals surface area contributed by atoms with E-state index in [1.165, 1.54) is 0 Å². The molecule has 0 fully saturated rings. The third kappa shape index (κ3) is 6.08.